The summed E-state index contributed by atoms with van der Waals surface area (Å²) in [6.07, 6.45) is 7.40. The summed E-state index contributed by atoms with van der Waals surface area (Å²) in [4.78, 5) is 4.63. The zero-order valence-corrected chi connectivity index (χ0v) is 15.5. The molecule has 0 radical (unpaired) electrons. The summed E-state index contributed by atoms with van der Waals surface area (Å²) >= 11 is 5.03. The molecule has 3 N–H and O–H groups in total. The third-order valence-corrected chi connectivity index (χ3v) is 4.29. The Kier molecular flexibility index (Phi) is 5.10. The van der Waals surface area contributed by atoms with Crippen LogP contribution >= 0.6 is 12.2 Å². The Labute approximate surface area is 158 Å². The number of benzene rings is 1. The molecule has 1 unspecified atom stereocenters. The molecule has 3 rings (SSSR count). The maximum absolute atomic E-state index is 6.24. The van der Waals surface area contributed by atoms with Crippen LogP contribution in [0.5, 0.6) is 5.75 Å². The van der Waals surface area contributed by atoms with Crippen molar-refractivity contribution in [1.29, 1.82) is 0 Å². The maximum atomic E-state index is 6.24. The van der Waals surface area contributed by atoms with Crippen molar-refractivity contribution < 1.29 is 4.74 Å². The van der Waals surface area contributed by atoms with Crippen molar-refractivity contribution in [3.05, 3.63) is 65.1 Å². The molecule has 0 amide bonds. The lowest BCUT2D eigenvalue weighted by Crippen LogP contribution is -2.36. The molecule has 0 saturated heterocycles. The van der Waals surface area contributed by atoms with Gasteiger partial charge in [-0.3, -0.25) is 4.40 Å². The smallest absolute Gasteiger partial charge is 0.198 e. The number of rotatable bonds is 5. The van der Waals surface area contributed by atoms with Gasteiger partial charge >= 0.3 is 0 Å². The van der Waals surface area contributed by atoms with E-state index in [0.29, 0.717) is 17.8 Å². The van der Waals surface area contributed by atoms with Gasteiger partial charge in [0.15, 0.2) is 22.7 Å². The minimum Gasteiger partial charge on any atom is -0.463 e. The van der Waals surface area contributed by atoms with Gasteiger partial charge in [-0.15, -0.1) is 12.3 Å². The summed E-state index contributed by atoms with van der Waals surface area (Å²) in [7, 11) is 0. The first-order chi connectivity index (χ1) is 12.5. The monoisotopic (exact) mass is 364 g/mol. The van der Waals surface area contributed by atoms with Crippen LogP contribution < -0.4 is 15.8 Å². The molecular weight excluding hydrogens is 344 g/mol. The molecule has 132 valence electrons. The number of nitrogens with one attached hydrogen (secondary N) is 1. The van der Waals surface area contributed by atoms with Crippen LogP contribution in [0.25, 0.3) is 5.65 Å². The van der Waals surface area contributed by atoms with Gasteiger partial charge in [-0.25, -0.2) is 4.98 Å². The molecule has 0 fully saturated rings. The molecule has 0 bridgehead atoms. The summed E-state index contributed by atoms with van der Waals surface area (Å²) in [6.45, 7) is 3.95. The fourth-order valence-corrected chi connectivity index (χ4v) is 3.02. The zero-order chi connectivity index (χ0) is 18.7. The van der Waals surface area contributed by atoms with Crippen molar-refractivity contribution in [2.75, 3.05) is 0 Å². The normalized spacial score (nSPS) is 11.7. The fraction of sp³-hybridized carbons (Fsp3) is 0.200. The molecule has 26 heavy (non-hydrogen) atoms. The Balaban J connectivity index is 2.05. The molecule has 0 aliphatic heterocycles. The number of nitrogens with zero attached hydrogens (tertiary/aromatic N) is 2. The number of ether oxygens (including phenoxy) is 1. The van der Waals surface area contributed by atoms with Crippen LogP contribution in [0.2, 0.25) is 0 Å². The average molecular weight is 364 g/mol. The number of terminal acetylenes is 1. The minimum atomic E-state index is -0.520. The van der Waals surface area contributed by atoms with Gasteiger partial charge in [-0.1, -0.05) is 24.3 Å². The lowest BCUT2D eigenvalue weighted by atomic mass is 10.1. The van der Waals surface area contributed by atoms with Crippen LogP contribution in [0.4, 0.5) is 0 Å². The summed E-state index contributed by atoms with van der Waals surface area (Å²) in [5, 5.41) is 3.18. The van der Waals surface area contributed by atoms with Crippen LogP contribution in [0.3, 0.4) is 0 Å². The molecule has 1 aromatic carbocycles. The number of imidazole rings is 1. The highest BCUT2D eigenvalue weighted by molar-refractivity contribution is 7.80. The van der Waals surface area contributed by atoms with Crippen LogP contribution in [0, 0.1) is 26.2 Å². The van der Waals surface area contributed by atoms with Crippen molar-refractivity contribution in [2.45, 2.75) is 26.5 Å². The van der Waals surface area contributed by atoms with Crippen molar-refractivity contribution in [1.82, 2.24) is 14.7 Å². The highest BCUT2D eigenvalue weighted by Crippen LogP contribution is 2.27. The fourth-order valence-electron chi connectivity index (χ4n) is 2.91. The van der Waals surface area contributed by atoms with Crippen LogP contribution in [-0.2, 0) is 6.42 Å². The molecule has 6 heteroatoms. The topological polar surface area (TPSA) is 64.6 Å². The number of aryl methyl sites for hydroxylation is 2. The molecule has 0 aliphatic rings. The first-order valence-electron chi connectivity index (χ1n) is 8.19. The van der Waals surface area contributed by atoms with E-state index in [9.17, 15) is 0 Å². The molecule has 3 aromatic rings. The molecule has 1 atom stereocenters. The number of fused-ring (bicyclic) bond motifs is 1. The van der Waals surface area contributed by atoms with E-state index in [4.69, 9.17) is 29.1 Å². The highest BCUT2D eigenvalue weighted by Gasteiger charge is 2.19. The predicted octanol–water partition coefficient (Wildman–Crippen LogP) is 3.04. The molecule has 0 aliphatic carbocycles. The van der Waals surface area contributed by atoms with E-state index >= 15 is 0 Å². The lowest BCUT2D eigenvalue weighted by Gasteiger charge is -2.22. The Morgan fingerprint density at radius 3 is 2.81 bits per heavy atom. The van der Waals surface area contributed by atoms with Gasteiger partial charge in [0.1, 0.15) is 0 Å². The summed E-state index contributed by atoms with van der Waals surface area (Å²) in [5.41, 5.74) is 10.3. The van der Waals surface area contributed by atoms with Crippen LogP contribution in [0.15, 0.2) is 42.6 Å². The van der Waals surface area contributed by atoms with Crippen molar-refractivity contribution in [2.24, 2.45) is 5.73 Å². The number of hydrogen-bond donors (Lipinski definition) is 2. The quantitative estimate of drug-likeness (QED) is 0.414. The van der Waals surface area contributed by atoms with E-state index in [1.165, 1.54) is 0 Å². The highest BCUT2D eigenvalue weighted by atomic mass is 32.1. The van der Waals surface area contributed by atoms with E-state index in [-0.39, 0.29) is 5.11 Å². The van der Waals surface area contributed by atoms with Gasteiger partial charge in [-0.2, -0.15) is 0 Å². The van der Waals surface area contributed by atoms with Crippen LogP contribution in [0.1, 0.15) is 28.7 Å². The largest absolute Gasteiger partial charge is 0.463 e. The van der Waals surface area contributed by atoms with E-state index in [2.05, 4.69) is 16.2 Å². The summed E-state index contributed by atoms with van der Waals surface area (Å²) in [6, 6.07) is 11.7. The number of thiocarbonyl (C=S) groups is 1. The molecule has 5 nitrogen and oxygen atoms in total. The number of pyridine rings is 1. The van der Waals surface area contributed by atoms with Gasteiger partial charge in [0, 0.05) is 11.8 Å². The number of hydrogen-bond acceptors (Lipinski definition) is 3. The SMILES string of the molecule is C#CCc1c(C)nc2c(OC(NC(N)=S)c3ccccc3C)cccn12. The van der Waals surface area contributed by atoms with E-state index < -0.39 is 6.23 Å². The van der Waals surface area contributed by atoms with Crippen LogP contribution in [-0.4, -0.2) is 14.5 Å². The molecule has 0 spiro atoms. The molecule has 2 aromatic heterocycles. The summed E-state index contributed by atoms with van der Waals surface area (Å²) < 4.78 is 8.20. The van der Waals surface area contributed by atoms with E-state index in [1.54, 1.807) is 0 Å². The second-order valence-corrected chi connectivity index (χ2v) is 6.39. The van der Waals surface area contributed by atoms with Gasteiger partial charge in [0.2, 0.25) is 0 Å². The van der Waals surface area contributed by atoms with Gasteiger partial charge in [0.25, 0.3) is 0 Å². The predicted molar refractivity (Wildman–Crippen MR) is 107 cm³/mol. The van der Waals surface area contributed by atoms with Gasteiger partial charge in [0.05, 0.1) is 17.8 Å². The Bertz CT molecular complexity index is 1000. The zero-order valence-electron chi connectivity index (χ0n) is 14.7. The van der Waals surface area contributed by atoms with E-state index in [0.717, 1.165) is 22.5 Å². The minimum absolute atomic E-state index is 0.165. The number of aromatic nitrogens is 2. The Hall–Kier alpha value is -3.04. The lowest BCUT2D eigenvalue weighted by molar-refractivity contribution is 0.192. The second kappa shape index (κ2) is 7.46. The van der Waals surface area contributed by atoms with E-state index in [1.807, 2.05) is 60.8 Å². The number of nitrogens with two attached hydrogens (primary N) is 1. The third-order valence-electron chi connectivity index (χ3n) is 4.17. The van der Waals surface area contributed by atoms with Crippen molar-refractivity contribution >= 4 is 23.0 Å². The molecule has 2 heterocycles. The average Bonchev–Trinajstić information content (AvgIpc) is 2.92. The third kappa shape index (κ3) is 3.48. The first-order valence-corrected chi connectivity index (χ1v) is 8.60. The molecule has 0 saturated carbocycles. The van der Waals surface area contributed by atoms with Gasteiger partial charge in [-0.05, 0) is 43.8 Å². The van der Waals surface area contributed by atoms with Gasteiger partial charge < -0.3 is 15.8 Å². The Morgan fingerprint density at radius 1 is 1.35 bits per heavy atom. The second-order valence-electron chi connectivity index (χ2n) is 5.95. The maximum Gasteiger partial charge on any atom is 0.198 e. The van der Waals surface area contributed by atoms with Crippen molar-refractivity contribution in [3.63, 3.8) is 0 Å². The Morgan fingerprint density at radius 2 is 2.12 bits per heavy atom. The standard InChI is InChI=1S/C20H20N4OS/c1-4-8-16-14(3)22-18-17(11-7-12-24(16)18)25-19(23-20(21)26)15-10-6-5-9-13(15)2/h1,5-7,9-12,19H,8H2,2-3H3,(H3,21,23,26). The molecular formula is C20H20N4OS. The van der Waals surface area contributed by atoms with Crippen molar-refractivity contribution in [3.8, 4) is 18.1 Å². The first kappa shape index (κ1) is 17.8. The summed E-state index contributed by atoms with van der Waals surface area (Å²) in [5.74, 6) is 3.30.